The van der Waals surface area contributed by atoms with Crippen molar-refractivity contribution in [3.05, 3.63) is 5.82 Å². The molecule has 66 valence electrons. The molecule has 0 saturated heterocycles. The molecule has 7 nitrogen and oxygen atoms in total. The molecule has 0 atom stereocenters. The standard InChI is InChI=1S/C5H8N4O3/c1-12-3-4-6-8-9(7-4)2-5(10)11/h2-3H2,1H3,(H,10,11). The van der Waals surface area contributed by atoms with Gasteiger partial charge in [0, 0.05) is 7.11 Å². The van der Waals surface area contributed by atoms with E-state index in [0.717, 1.165) is 4.80 Å². The monoisotopic (exact) mass is 172 g/mol. The summed E-state index contributed by atoms with van der Waals surface area (Å²) in [5.74, 6) is -0.630. The number of ether oxygens (including phenoxy) is 1. The molecular formula is C5H8N4O3. The molecule has 1 aromatic heterocycles. The van der Waals surface area contributed by atoms with E-state index < -0.39 is 5.97 Å². The molecule has 0 amide bonds. The van der Waals surface area contributed by atoms with Crippen molar-refractivity contribution in [2.45, 2.75) is 13.2 Å². The zero-order valence-electron chi connectivity index (χ0n) is 6.47. The maximum absolute atomic E-state index is 10.2. The quantitative estimate of drug-likeness (QED) is 0.620. The van der Waals surface area contributed by atoms with Crippen molar-refractivity contribution >= 4 is 5.97 Å². The van der Waals surface area contributed by atoms with Gasteiger partial charge in [-0.25, -0.2) is 0 Å². The summed E-state index contributed by atoms with van der Waals surface area (Å²) in [5.41, 5.74) is 0. The number of carbonyl (C=O) groups is 1. The van der Waals surface area contributed by atoms with Gasteiger partial charge in [0.05, 0.1) is 0 Å². The average molecular weight is 172 g/mol. The van der Waals surface area contributed by atoms with Crippen molar-refractivity contribution in [2.24, 2.45) is 0 Å². The van der Waals surface area contributed by atoms with Gasteiger partial charge in [0.15, 0.2) is 12.4 Å². The summed E-state index contributed by atoms with van der Waals surface area (Å²) in [6.45, 7) is -0.0453. The molecule has 0 radical (unpaired) electrons. The van der Waals surface area contributed by atoms with E-state index in [9.17, 15) is 4.79 Å². The third-order valence-corrected chi connectivity index (χ3v) is 1.04. The van der Waals surface area contributed by atoms with Crippen LogP contribution in [0.5, 0.6) is 0 Å². The molecule has 0 aliphatic rings. The summed E-state index contributed by atoms with van der Waals surface area (Å²) >= 11 is 0. The van der Waals surface area contributed by atoms with E-state index >= 15 is 0 Å². The lowest BCUT2D eigenvalue weighted by Gasteiger charge is -1.90. The number of carboxylic acids is 1. The van der Waals surface area contributed by atoms with Gasteiger partial charge >= 0.3 is 5.97 Å². The second kappa shape index (κ2) is 3.77. The van der Waals surface area contributed by atoms with E-state index in [1.807, 2.05) is 0 Å². The Morgan fingerprint density at radius 2 is 2.50 bits per heavy atom. The van der Waals surface area contributed by atoms with Crippen LogP contribution in [0.4, 0.5) is 0 Å². The highest BCUT2D eigenvalue weighted by Crippen LogP contribution is 1.88. The fourth-order valence-corrected chi connectivity index (χ4v) is 0.651. The number of methoxy groups -OCH3 is 1. The summed E-state index contributed by atoms with van der Waals surface area (Å²) in [5, 5.41) is 19.1. The second-order valence-corrected chi connectivity index (χ2v) is 2.06. The SMILES string of the molecule is COCc1nnn(CC(=O)O)n1. The first-order valence-electron chi connectivity index (χ1n) is 3.20. The Labute approximate surface area is 67.9 Å². The van der Waals surface area contributed by atoms with Crippen LogP contribution in [0, 0.1) is 0 Å². The Hall–Kier alpha value is -1.50. The van der Waals surface area contributed by atoms with E-state index in [0.29, 0.717) is 5.82 Å². The largest absolute Gasteiger partial charge is 0.480 e. The average Bonchev–Trinajstić information content (AvgIpc) is 2.36. The zero-order valence-corrected chi connectivity index (χ0v) is 6.47. The lowest BCUT2D eigenvalue weighted by Crippen LogP contribution is -2.11. The van der Waals surface area contributed by atoms with Gasteiger partial charge in [-0.15, -0.1) is 10.2 Å². The zero-order chi connectivity index (χ0) is 8.97. The van der Waals surface area contributed by atoms with Gasteiger partial charge in [0.2, 0.25) is 0 Å². The summed E-state index contributed by atoms with van der Waals surface area (Å²) in [6.07, 6.45) is 0. The molecule has 1 heterocycles. The van der Waals surface area contributed by atoms with E-state index in [4.69, 9.17) is 9.84 Å². The number of nitrogens with zero attached hydrogens (tertiary/aromatic N) is 4. The van der Waals surface area contributed by atoms with Crippen molar-refractivity contribution in [1.29, 1.82) is 0 Å². The lowest BCUT2D eigenvalue weighted by atomic mass is 10.7. The van der Waals surface area contributed by atoms with Crippen LogP contribution in [0.25, 0.3) is 0 Å². The maximum atomic E-state index is 10.2. The maximum Gasteiger partial charge on any atom is 0.327 e. The molecule has 0 spiro atoms. The highest BCUT2D eigenvalue weighted by Gasteiger charge is 2.04. The minimum absolute atomic E-state index is 0.236. The summed E-state index contributed by atoms with van der Waals surface area (Å²) < 4.78 is 4.72. The molecule has 0 aliphatic heterocycles. The molecule has 1 rings (SSSR count). The van der Waals surface area contributed by atoms with Crippen molar-refractivity contribution in [1.82, 2.24) is 20.2 Å². The van der Waals surface area contributed by atoms with E-state index in [1.54, 1.807) is 0 Å². The van der Waals surface area contributed by atoms with Gasteiger partial charge in [-0.05, 0) is 5.21 Å². The van der Waals surface area contributed by atoms with E-state index in [-0.39, 0.29) is 13.2 Å². The third kappa shape index (κ3) is 2.27. The second-order valence-electron chi connectivity index (χ2n) is 2.06. The van der Waals surface area contributed by atoms with Crippen LogP contribution in [0.2, 0.25) is 0 Å². The number of hydrogen-bond donors (Lipinski definition) is 1. The van der Waals surface area contributed by atoms with Crippen molar-refractivity contribution < 1.29 is 14.6 Å². The highest BCUT2D eigenvalue weighted by molar-refractivity contribution is 5.66. The van der Waals surface area contributed by atoms with Gasteiger partial charge in [-0.3, -0.25) is 4.79 Å². The Morgan fingerprint density at radius 1 is 1.75 bits per heavy atom. The van der Waals surface area contributed by atoms with Gasteiger partial charge in [-0.2, -0.15) is 4.80 Å². The van der Waals surface area contributed by atoms with Crippen LogP contribution in [-0.4, -0.2) is 38.4 Å². The Morgan fingerprint density at radius 3 is 3.08 bits per heavy atom. The topological polar surface area (TPSA) is 90.1 Å². The van der Waals surface area contributed by atoms with Gasteiger partial charge in [0.25, 0.3) is 0 Å². The smallest absolute Gasteiger partial charge is 0.327 e. The molecule has 7 heteroatoms. The number of carboxylic acid groups (broad SMARTS) is 1. The minimum atomic E-state index is -1.00. The van der Waals surface area contributed by atoms with Gasteiger partial charge in [-0.1, -0.05) is 0 Å². The van der Waals surface area contributed by atoms with Crippen molar-refractivity contribution in [3.8, 4) is 0 Å². The van der Waals surface area contributed by atoms with Gasteiger partial charge < -0.3 is 9.84 Å². The number of aromatic nitrogens is 4. The summed E-state index contributed by atoms with van der Waals surface area (Å²) in [4.78, 5) is 11.2. The first kappa shape index (κ1) is 8.60. The molecular weight excluding hydrogens is 164 g/mol. The Bertz CT molecular complexity index is 271. The molecule has 0 fully saturated rings. The van der Waals surface area contributed by atoms with E-state index in [2.05, 4.69) is 15.4 Å². The number of tetrazole rings is 1. The molecule has 0 unspecified atom stereocenters. The first-order chi connectivity index (χ1) is 5.72. The molecule has 12 heavy (non-hydrogen) atoms. The van der Waals surface area contributed by atoms with Crippen LogP contribution in [-0.2, 0) is 22.7 Å². The first-order valence-corrected chi connectivity index (χ1v) is 3.20. The lowest BCUT2D eigenvalue weighted by molar-refractivity contribution is -0.138. The minimum Gasteiger partial charge on any atom is -0.480 e. The predicted octanol–water partition coefficient (Wildman–Crippen LogP) is -1.10. The molecule has 1 aromatic rings. The van der Waals surface area contributed by atoms with E-state index in [1.165, 1.54) is 7.11 Å². The highest BCUT2D eigenvalue weighted by atomic mass is 16.5. The summed E-state index contributed by atoms with van der Waals surface area (Å²) in [6, 6.07) is 0. The van der Waals surface area contributed by atoms with Crippen LogP contribution in [0.15, 0.2) is 0 Å². The Balaban J connectivity index is 2.58. The van der Waals surface area contributed by atoms with Crippen LogP contribution in [0.1, 0.15) is 5.82 Å². The number of hydrogen-bond acceptors (Lipinski definition) is 5. The van der Waals surface area contributed by atoms with Crippen LogP contribution < -0.4 is 0 Å². The van der Waals surface area contributed by atoms with Crippen LogP contribution in [0.3, 0.4) is 0 Å². The molecule has 1 N–H and O–H groups in total. The fourth-order valence-electron chi connectivity index (χ4n) is 0.651. The fraction of sp³-hybridized carbons (Fsp3) is 0.600. The van der Waals surface area contributed by atoms with Crippen molar-refractivity contribution in [2.75, 3.05) is 7.11 Å². The number of rotatable bonds is 4. The number of aliphatic carboxylic acids is 1. The van der Waals surface area contributed by atoms with Crippen molar-refractivity contribution in [3.63, 3.8) is 0 Å². The normalized spacial score (nSPS) is 10.1. The molecule has 0 bridgehead atoms. The molecule has 0 aromatic carbocycles. The predicted molar refractivity (Wildman–Crippen MR) is 36.2 cm³/mol. The third-order valence-electron chi connectivity index (χ3n) is 1.04. The molecule has 0 saturated carbocycles. The van der Waals surface area contributed by atoms with Gasteiger partial charge in [0.1, 0.15) is 6.61 Å². The summed E-state index contributed by atoms with van der Waals surface area (Å²) in [7, 11) is 1.50. The molecule has 0 aliphatic carbocycles. The van der Waals surface area contributed by atoms with Crippen LogP contribution >= 0.6 is 0 Å². The Kier molecular flexibility index (Phi) is 2.70.